The van der Waals surface area contributed by atoms with Gasteiger partial charge in [-0.05, 0) is 44.4 Å². The van der Waals surface area contributed by atoms with Crippen LogP contribution in [0, 0.1) is 28.3 Å². The molecule has 0 N–H and O–H groups in total. The standard InChI is InChI=1S/C49H47N5O.Pt/c1-31-15-17-33(18-16-31)52-30-53(42-14-12-11-13-41(42)52)34-24-36(29-50-28-34)55-35-19-20-37-38-26-39-40(48(7,8)49(9,10)47(39,5)6)27-44(38)54(43(37)25-35)45-23-32(21-22-51-45)46(2,3)4;/h11-23,26-29H,1-10H3;/q-2;. The molecule has 0 atom stereocenters. The van der Waals surface area contributed by atoms with Crippen molar-refractivity contribution in [2.45, 2.75) is 85.5 Å². The van der Waals surface area contributed by atoms with E-state index in [9.17, 15) is 0 Å². The van der Waals surface area contributed by atoms with Crippen LogP contribution in [0.3, 0.4) is 0 Å². The van der Waals surface area contributed by atoms with Crippen molar-refractivity contribution in [2.75, 3.05) is 0 Å². The molecule has 0 saturated carbocycles. The summed E-state index contributed by atoms with van der Waals surface area (Å²) >= 11 is 2.40. The molecule has 0 fully saturated rings. The van der Waals surface area contributed by atoms with Crippen molar-refractivity contribution in [1.82, 2.24) is 23.7 Å². The Kier molecular flexibility index (Phi) is 8.14. The predicted molar refractivity (Wildman–Crippen MR) is 223 cm³/mol. The molecule has 8 aromatic rings. The molecule has 0 bridgehead atoms. The van der Waals surface area contributed by atoms with E-state index in [1.54, 1.807) is 6.20 Å². The van der Waals surface area contributed by atoms with Gasteiger partial charge in [-0.2, -0.15) is 0 Å². The minimum absolute atomic E-state index is 0.0260. The number of aromatic nitrogens is 5. The van der Waals surface area contributed by atoms with Crippen LogP contribution in [0.4, 0.5) is 0 Å². The van der Waals surface area contributed by atoms with Gasteiger partial charge >= 0.3 is 229 Å². The third-order valence-corrected chi connectivity index (χ3v) is 14.2. The molecule has 4 aromatic heterocycles. The number of aryl methyl sites for hydroxylation is 1. The summed E-state index contributed by atoms with van der Waals surface area (Å²) < 4.78 is 14.3. The van der Waals surface area contributed by atoms with E-state index in [1.165, 1.54) is 27.6 Å². The molecule has 56 heavy (non-hydrogen) atoms. The molecule has 4 aromatic carbocycles. The van der Waals surface area contributed by atoms with Crippen molar-refractivity contribution in [2.24, 2.45) is 5.41 Å². The van der Waals surface area contributed by atoms with Gasteiger partial charge in [-0.3, -0.25) is 0 Å². The van der Waals surface area contributed by atoms with Crippen LogP contribution in [0.1, 0.15) is 84.6 Å². The molecule has 0 saturated heterocycles. The molecule has 6 nitrogen and oxygen atoms in total. The maximum atomic E-state index is 6.61. The number of imidazole rings is 1. The minimum atomic E-state index is -0.0455. The number of benzene rings is 4. The summed E-state index contributed by atoms with van der Waals surface area (Å²) in [6.45, 7) is 23.3. The molecule has 9 rings (SSSR count). The average molecular weight is 917 g/mol. The van der Waals surface area contributed by atoms with Gasteiger partial charge in [0.05, 0.1) is 0 Å². The van der Waals surface area contributed by atoms with E-state index >= 15 is 0 Å². The van der Waals surface area contributed by atoms with Crippen molar-refractivity contribution in [1.29, 1.82) is 0 Å². The van der Waals surface area contributed by atoms with Crippen molar-refractivity contribution in [3.63, 3.8) is 0 Å². The Morgan fingerprint density at radius 3 is 2.05 bits per heavy atom. The predicted octanol–water partition coefficient (Wildman–Crippen LogP) is 12.0. The maximum absolute atomic E-state index is 6.61. The van der Waals surface area contributed by atoms with Gasteiger partial charge < -0.3 is 0 Å². The second-order valence-corrected chi connectivity index (χ2v) is 19.0. The fourth-order valence-electron chi connectivity index (χ4n) is 8.69. The summed E-state index contributed by atoms with van der Waals surface area (Å²) in [6, 6.07) is 37.6. The van der Waals surface area contributed by atoms with Crippen LogP contribution in [0.15, 0.2) is 104 Å². The molecular weight excluding hydrogens is 870 g/mol. The van der Waals surface area contributed by atoms with E-state index in [-0.39, 0.29) is 21.7 Å². The second kappa shape index (κ2) is 12.5. The molecular formula is C49H47N5OPt-2. The van der Waals surface area contributed by atoms with Crippen LogP contribution in [-0.2, 0) is 35.6 Å². The number of fused-ring (bicyclic) bond motifs is 5. The van der Waals surface area contributed by atoms with Crippen LogP contribution in [0.2, 0.25) is 0 Å². The van der Waals surface area contributed by atoms with Gasteiger partial charge in [0.25, 0.3) is 0 Å². The SMILES string of the molecule is Cc1ccc(-n2[c](=[Pt])n(-c3[c-]c(Oc4[c-]c5c(cc4)c4cc6c(cc4n5-c4cc(C(C)(C)C)ccn4)C(C)(C)C(C)(C)C6(C)C)cnc3)c3ccccc32)cc1. The molecule has 0 radical (unpaired) electrons. The van der Waals surface area contributed by atoms with Crippen LogP contribution >= 0.6 is 0 Å². The molecule has 0 unspecified atom stereocenters. The first-order valence-electron chi connectivity index (χ1n) is 19.3. The number of hydrogen-bond donors (Lipinski definition) is 0. The Hall–Kier alpha value is -5.06. The van der Waals surface area contributed by atoms with E-state index < -0.39 is 0 Å². The van der Waals surface area contributed by atoms with Crippen LogP contribution in [0.5, 0.6) is 11.5 Å². The molecule has 286 valence electrons. The number of rotatable bonds is 5. The zero-order chi connectivity index (χ0) is 39.5. The number of pyridine rings is 2. The van der Waals surface area contributed by atoms with Gasteiger partial charge in [0, 0.05) is 6.20 Å². The monoisotopic (exact) mass is 916 g/mol. The van der Waals surface area contributed by atoms with Gasteiger partial charge in [0.15, 0.2) is 0 Å². The molecule has 0 amide bonds. The van der Waals surface area contributed by atoms with Crippen LogP contribution in [-0.4, -0.2) is 23.7 Å². The van der Waals surface area contributed by atoms with Crippen molar-refractivity contribution in [3.05, 3.63) is 142 Å². The summed E-state index contributed by atoms with van der Waals surface area (Å²) in [5.74, 6) is 1.96. The van der Waals surface area contributed by atoms with Gasteiger partial charge in [0.2, 0.25) is 0 Å². The number of nitrogens with zero attached hydrogens (tertiary/aromatic N) is 5. The fraction of sp³-hybridized carbons (Fsp3) is 0.286. The topological polar surface area (TPSA) is 49.8 Å². The fourth-order valence-corrected chi connectivity index (χ4v) is 9.80. The Bertz CT molecular complexity index is 2930. The number of hydrogen-bond acceptors (Lipinski definition) is 3. The summed E-state index contributed by atoms with van der Waals surface area (Å²) in [5, 5.41) is 2.30. The Labute approximate surface area is 340 Å². The number of ether oxygens (including phenoxy) is 1. The van der Waals surface area contributed by atoms with E-state index in [1.807, 2.05) is 18.5 Å². The van der Waals surface area contributed by atoms with Gasteiger partial charge in [-0.1, -0.05) is 62.3 Å². The second-order valence-electron chi connectivity index (χ2n) is 18.0. The third kappa shape index (κ3) is 5.35. The molecule has 0 spiro atoms. The van der Waals surface area contributed by atoms with Gasteiger partial charge in [-0.15, -0.1) is 0 Å². The Morgan fingerprint density at radius 2 is 1.36 bits per heavy atom. The van der Waals surface area contributed by atoms with Crippen molar-refractivity contribution in [3.8, 4) is 28.7 Å². The van der Waals surface area contributed by atoms with Crippen LogP contribution < -0.4 is 4.74 Å². The van der Waals surface area contributed by atoms with E-state index in [0.717, 1.165) is 48.5 Å². The molecule has 1 aliphatic carbocycles. The number of para-hydroxylation sites is 2. The van der Waals surface area contributed by atoms with E-state index in [4.69, 9.17) is 9.72 Å². The Morgan fingerprint density at radius 1 is 0.679 bits per heavy atom. The third-order valence-electron chi connectivity index (χ3n) is 13.2. The van der Waals surface area contributed by atoms with Crippen molar-refractivity contribution < 1.29 is 24.1 Å². The van der Waals surface area contributed by atoms with Crippen molar-refractivity contribution >= 4 is 32.8 Å². The summed E-state index contributed by atoms with van der Waals surface area (Å²) in [6.07, 6.45) is 5.48. The van der Waals surface area contributed by atoms with Crippen LogP contribution in [0.25, 0.3) is 50.0 Å². The van der Waals surface area contributed by atoms with Gasteiger partial charge in [-0.25, -0.2) is 0 Å². The Balaban J connectivity index is 1.20. The molecule has 7 heteroatoms. The average Bonchev–Trinajstić information content (AvgIpc) is 3.67. The molecule has 4 heterocycles. The zero-order valence-electron chi connectivity index (χ0n) is 33.8. The first kappa shape index (κ1) is 36.6. The quantitative estimate of drug-likeness (QED) is 0.162. The molecule has 0 aliphatic heterocycles. The molecule has 1 aliphatic rings. The van der Waals surface area contributed by atoms with Gasteiger partial charge in [0.1, 0.15) is 0 Å². The summed E-state index contributed by atoms with van der Waals surface area (Å²) in [7, 11) is 0. The first-order valence-corrected chi connectivity index (χ1v) is 20.5. The normalized spacial score (nSPS) is 15.9. The summed E-state index contributed by atoms with van der Waals surface area (Å²) in [4.78, 5) is 9.63. The van der Waals surface area contributed by atoms with E-state index in [0.29, 0.717) is 11.5 Å². The summed E-state index contributed by atoms with van der Waals surface area (Å²) in [5.41, 5.74) is 11.3. The van der Waals surface area contributed by atoms with E-state index in [2.05, 4.69) is 198 Å². The first-order chi connectivity index (χ1) is 26.5. The zero-order valence-corrected chi connectivity index (χ0v) is 36.0.